The van der Waals surface area contributed by atoms with Crippen LogP contribution in [-0.2, 0) is 13.5 Å². The zero-order chi connectivity index (χ0) is 21.0. The van der Waals surface area contributed by atoms with E-state index >= 15 is 0 Å². The first-order valence-corrected chi connectivity index (χ1v) is 10.5. The molecule has 0 unspecified atom stereocenters. The molecule has 2 aliphatic rings. The number of nitrogens with zero attached hydrogens (tertiary/aromatic N) is 4. The summed E-state index contributed by atoms with van der Waals surface area (Å²) in [6.45, 7) is 4.67. The van der Waals surface area contributed by atoms with Crippen molar-refractivity contribution >= 4 is 17.5 Å². The quantitative estimate of drug-likeness (QED) is 0.639. The summed E-state index contributed by atoms with van der Waals surface area (Å²) < 4.78 is 7.92. The molecule has 0 spiro atoms. The Balaban J connectivity index is 1.47. The fourth-order valence-electron chi connectivity index (χ4n) is 4.38. The van der Waals surface area contributed by atoms with Crippen molar-refractivity contribution in [3.05, 3.63) is 64.1 Å². The van der Waals surface area contributed by atoms with Crippen molar-refractivity contribution in [2.45, 2.75) is 38.8 Å². The van der Waals surface area contributed by atoms with E-state index in [2.05, 4.69) is 23.1 Å². The molecule has 6 nitrogen and oxygen atoms in total. The summed E-state index contributed by atoms with van der Waals surface area (Å²) in [4.78, 5) is 19.6. The van der Waals surface area contributed by atoms with E-state index in [0.717, 1.165) is 34.4 Å². The highest BCUT2D eigenvalue weighted by Crippen LogP contribution is 2.40. The molecule has 1 saturated heterocycles. The zero-order valence-corrected chi connectivity index (χ0v) is 18.0. The number of hydrogen-bond acceptors (Lipinski definition) is 4. The number of halogens is 1. The van der Waals surface area contributed by atoms with Gasteiger partial charge in [-0.25, -0.2) is 0 Å². The molecule has 2 aliphatic heterocycles. The van der Waals surface area contributed by atoms with Crippen molar-refractivity contribution in [2.75, 3.05) is 6.54 Å². The summed E-state index contributed by atoms with van der Waals surface area (Å²) in [5.41, 5.74) is 5.44. The van der Waals surface area contributed by atoms with Crippen LogP contribution in [-0.4, -0.2) is 44.3 Å². The number of fused-ring (bicyclic) bond motifs is 3. The van der Waals surface area contributed by atoms with E-state index in [1.165, 1.54) is 0 Å². The summed E-state index contributed by atoms with van der Waals surface area (Å²) in [5.74, 6) is 0.540. The Labute approximate surface area is 180 Å². The van der Waals surface area contributed by atoms with E-state index in [4.69, 9.17) is 16.3 Å². The van der Waals surface area contributed by atoms with Gasteiger partial charge in [0.2, 0.25) is 0 Å². The molecule has 3 aromatic rings. The van der Waals surface area contributed by atoms with Crippen LogP contribution in [0.4, 0.5) is 0 Å². The Bertz CT molecular complexity index is 1140. The third-order valence-electron chi connectivity index (χ3n) is 6.11. The third-order valence-corrected chi connectivity index (χ3v) is 6.56. The van der Waals surface area contributed by atoms with Crippen molar-refractivity contribution in [1.29, 1.82) is 0 Å². The van der Waals surface area contributed by atoms with Crippen LogP contribution in [0, 0.1) is 6.92 Å². The average Bonchev–Trinajstić information content (AvgIpc) is 3.29. The number of aromatic nitrogens is 3. The maximum absolute atomic E-state index is 13.1. The zero-order valence-electron chi connectivity index (χ0n) is 17.2. The molecule has 5 rings (SSSR count). The topological polar surface area (TPSA) is 60.2 Å². The first-order chi connectivity index (χ1) is 14.4. The summed E-state index contributed by atoms with van der Waals surface area (Å²) in [7, 11) is 1.89. The highest BCUT2D eigenvalue weighted by molar-refractivity contribution is 6.33. The molecule has 0 N–H and O–H groups in total. The van der Waals surface area contributed by atoms with E-state index in [1.807, 2.05) is 43.4 Å². The number of benzene rings is 1. The number of hydrogen-bond donors (Lipinski definition) is 0. The standard InChI is InChI=1S/C23H23ClN4O2/c1-13-6-18-12-28(13)23(29)19-8-16(14(2)21(24)22(19)30-18)7-15-4-5-20(25-9-15)17-10-26-27(3)11-17/h4-5,8-11,13,18H,6-7,12H2,1-3H3/t13-,18+/m1/s1. The van der Waals surface area contributed by atoms with Gasteiger partial charge >= 0.3 is 0 Å². The third kappa shape index (κ3) is 3.16. The number of rotatable bonds is 3. The van der Waals surface area contributed by atoms with Crippen LogP contribution in [0.5, 0.6) is 5.75 Å². The molecule has 1 amide bonds. The number of pyridine rings is 1. The van der Waals surface area contributed by atoms with E-state index in [1.54, 1.807) is 10.9 Å². The largest absolute Gasteiger partial charge is 0.486 e. The average molecular weight is 423 g/mol. The minimum absolute atomic E-state index is 0.00528. The predicted octanol–water partition coefficient (Wildman–Crippen LogP) is 4.03. The Kier molecular flexibility index (Phi) is 4.54. The van der Waals surface area contributed by atoms with Gasteiger partial charge < -0.3 is 9.64 Å². The first-order valence-electron chi connectivity index (χ1n) is 10.1. The predicted molar refractivity (Wildman–Crippen MR) is 115 cm³/mol. The molecule has 1 aromatic carbocycles. The van der Waals surface area contributed by atoms with Crippen molar-refractivity contribution in [3.63, 3.8) is 0 Å². The Morgan fingerprint density at radius 3 is 2.83 bits per heavy atom. The molecule has 2 bridgehead atoms. The SMILES string of the molecule is Cc1c(Cc2ccc(-c3cnn(C)c3)nc2)cc2c(c1Cl)O[C@H]1C[C@@H](C)N(C1)C2=O. The lowest BCUT2D eigenvalue weighted by molar-refractivity contribution is 0.0748. The van der Waals surface area contributed by atoms with E-state index in [0.29, 0.717) is 29.3 Å². The van der Waals surface area contributed by atoms with Gasteiger partial charge in [-0.15, -0.1) is 0 Å². The lowest BCUT2D eigenvalue weighted by Crippen LogP contribution is -2.33. The van der Waals surface area contributed by atoms with Crippen LogP contribution in [0.2, 0.25) is 5.02 Å². The Hall–Kier alpha value is -2.86. The van der Waals surface area contributed by atoms with Crippen LogP contribution in [0.1, 0.15) is 40.4 Å². The number of amides is 1. The van der Waals surface area contributed by atoms with Crippen molar-refractivity contribution < 1.29 is 9.53 Å². The van der Waals surface area contributed by atoms with Gasteiger partial charge in [-0.3, -0.25) is 14.5 Å². The Morgan fingerprint density at radius 1 is 1.30 bits per heavy atom. The first kappa shape index (κ1) is 19.1. The van der Waals surface area contributed by atoms with Gasteiger partial charge in [-0.1, -0.05) is 17.7 Å². The number of carbonyl (C=O) groups is 1. The number of ether oxygens (including phenoxy) is 1. The van der Waals surface area contributed by atoms with Gasteiger partial charge in [-0.2, -0.15) is 5.10 Å². The molecular weight excluding hydrogens is 400 g/mol. The molecule has 0 aliphatic carbocycles. The van der Waals surface area contributed by atoms with Crippen LogP contribution >= 0.6 is 11.6 Å². The van der Waals surface area contributed by atoms with Crippen LogP contribution in [0.15, 0.2) is 36.8 Å². The molecule has 30 heavy (non-hydrogen) atoms. The van der Waals surface area contributed by atoms with Gasteiger partial charge in [0, 0.05) is 37.5 Å². The van der Waals surface area contributed by atoms with Crippen molar-refractivity contribution in [2.24, 2.45) is 7.05 Å². The van der Waals surface area contributed by atoms with Gasteiger partial charge in [-0.05, 0) is 49.1 Å². The minimum Gasteiger partial charge on any atom is -0.486 e. The second kappa shape index (κ2) is 7.13. The fourth-order valence-corrected chi connectivity index (χ4v) is 4.65. The second-order valence-corrected chi connectivity index (χ2v) is 8.64. The van der Waals surface area contributed by atoms with Gasteiger partial charge in [0.05, 0.1) is 29.0 Å². The monoisotopic (exact) mass is 422 g/mol. The van der Waals surface area contributed by atoms with E-state index < -0.39 is 0 Å². The van der Waals surface area contributed by atoms with Gasteiger partial charge in [0.1, 0.15) is 6.10 Å². The van der Waals surface area contributed by atoms with Crippen LogP contribution in [0.25, 0.3) is 11.3 Å². The number of aryl methyl sites for hydroxylation is 1. The van der Waals surface area contributed by atoms with Crippen molar-refractivity contribution in [1.82, 2.24) is 19.7 Å². The summed E-state index contributed by atoms with van der Waals surface area (Å²) in [5, 5.41) is 4.73. The lowest BCUT2D eigenvalue weighted by atomic mass is 9.97. The molecule has 2 atom stereocenters. The summed E-state index contributed by atoms with van der Waals surface area (Å²) in [6.07, 6.45) is 7.11. The highest BCUT2D eigenvalue weighted by atomic mass is 35.5. The normalized spacial score (nSPS) is 20.1. The molecule has 2 aromatic heterocycles. The van der Waals surface area contributed by atoms with Crippen LogP contribution in [0.3, 0.4) is 0 Å². The molecular formula is C23H23ClN4O2. The smallest absolute Gasteiger partial charge is 0.258 e. The summed E-state index contributed by atoms with van der Waals surface area (Å²) >= 11 is 6.68. The van der Waals surface area contributed by atoms with Gasteiger partial charge in [0.15, 0.2) is 5.75 Å². The maximum Gasteiger partial charge on any atom is 0.258 e. The number of carbonyl (C=O) groups excluding carboxylic acids is 1. The van der Waals surface area contributed by atoms with Crippen molar-refractivity contribution in [3.8, 4) is 17.0 Å². The minimum atomic E-state index is 0.00528. The molecule has 1 fully saturated rings. The Morgan fingerprint density at radius 2 is 2.13 bits per heavy atom. The molecule has 0 radical (unpaired) electrons. The fraction of sp³-hybridized carbons (Fsp3) is 0.348. The second-order valence-electron chi connectivity index (χ2n) is 8.26. The summed E-state index contributed by atoms with van der Waals surface area (Å²) in [6, 6.07) is 6.18. The molecule has 0 saturated carbocycles. The lowest BCUT2D eigenvalue weighted by Gasteiger charge is -2.23. The maximum atomic E-state index is 13.1. The molecule has 4 heterocycles. The van der Waals surface area contributed by atoms with E-state index in [-0.39, 0.29) is 18.1 Å². The van der Waals surface area contributed by atoms with E-state index in [9.17, 15) is 4.79 Å². The molecule has 7 heteroatoms. The van der Waals surface area contributed by atoms with Gasteiger partial charge in [0.25, 0.3) is 5.91 Å². The highest BCUT2D eigenvalue weighted by Gasteiger charge is 2.40. The van der Waals surface area contributed by atoms with Crippen LogP contribution < -0.4 is 4.74 Å². The molecule has 154 valence electrons.